The molecule has 6 heteroatoms. The molecule has 0 aliphatic carbocycles. The van der Waals surface area contributed by atoms with Gasteiger partial charge in [-0.15, -0.1) is 0 Å². The highest BCUT2D eigenvalue weighted by Crippen LogP contribution is 2.20. The van der Waals surface area contributed by atoms with Crippen LogP contribution in [0.4, 0.5) is 0 Å². The van der Waals surface area contributed by atoms with Crippen molar-refractivity contribution in [3.63, 3.8) is 0 Å². The number of hydrogen-bond donors (Lipinski definition) is 1. The van der Waals surface area contributed by atoms with Gasteiger partial charge in [-0.2, -0.15) is 0 Å². The number of fused-ring (bicyclic) bond motifs is 2. The number of ether oxygens (including phenoxy) is 1. The van der Waals surface area contributed by atoms with Gasteiger partial charge < -0.3 is 10.1 Å². The molecule has 0 radical (unpaired) electrons. The molecular weight excluding hydrogens is 342 g/mol. The molecule has 1 aromatic heterocycles. The zero-order valence-corrected chi connectivity index (χ0v) is 15.1. The third-order valence-corrected chi connectivity index (χ3v) is 4.83. The van der Waals surface area contributed by atoms with E-state index in [-0.39, 0.29) is 24.1 Å². The van der Waals surface area contributed by atoms with E-state index in [1.807, 2.05) is 37.3 Å². The molecule has 0 saturated heterocycles. The first kappa shape index (κ1) is 17.3. The summed E-state index contributed by atoms with van der Waals surface area (Å²) in [7, 11) is 0. The average Bonchev–Trinajstić information content (AvgIpc) is 3.16. The zero-order valence-electron chi connectivity index (χ0n) is 15.1. The standard InChI is InChI=1S/C21H21N3O3/c1-14(15-6-3-2-4-7-15)22-20(25)13-27-16-9-10-18-17(12-16)21(26)24-11-5-8-19(24)23-18/h2-4,6-7,9-10,12,14H,5,8,11,13H2,1H3,(H,22,25)/t14-/m0/s1. The third-order valence-electron chi connectivity index (χ3n) is 4.83. The number of nitrogens with zero attached hydrogens (tertiary/aromatic N) is 2. The minimum atomic E-state index is -0.213. The second-order valence-electron chi connectivity index (χ2n) is 6.76. The van der Waals surface area contributed by atoms with Crippen molar-refractivity contribution in [1.82, 2.24) is 14.9 Å². The van der Waals surface area contributed by atoms with Crippen LogP contribution in [0.5, 0.6) is 5.75 Å². The van der Waals surface area contributed by atoms with Crippen LogP contribution in [0.15, 0.2) is 53.3 Å². The number of amides is 1. The molecule has 0 spiro atoms. The lowest BCUT2D eigenvalue weighted by atomic mass is 10.1. The molecule has 1 N–H and O–H groups in total. The van der Waals surface area contributed by atoms with Gasteiger partial charge in [0.1, 0.15) is 11.6 Å². The SMILES string of the molecule is C[C@H](NC(=O)COc1ccc2nc3n(c(=O)c2c1)CCC3)c1ccccc1. The summed E-state index contributed by atoms with van der Waals surface area (Å²) >= 11 is 0. The quantitative estimate of drug-likeness (QED) is 0.756. The molecule has 0 fully saturated rings. The highest BCUT2D eigenvalue weighted by atomic mass is 16.5. The maximum Gasteiger partial charge on any atom is 0.261 e. The van der Waals surface area contributed by atoms with E-state index in [0.717, 1.165) is 24.2 Å². The lowest BCUT2D eigenvalue weighted by Crippen LogP contribution is -2.31. The van der Waals surface area contributed by atoms with Gasteiger partial charge in [0, 0.05) is 13.0 Å². The summed E-state index contributed by atoms with van der Waals surface area (Å²) in [4.78, 5) is 29.3. The van der Waals surface area contributed by atoms with Gasteiger partial charge in [0.25, 0.3) is 11.5 Å². The Hall–Kier alpha value is -3.15. The van der Waals surface area contributed by atoms with Gasteiger partial charge in [0.2, 0.25) is 0 Å². The van der Waals surface area contributed by atoms with Crippen molar-refractivity contribution in [3.05, 3.63) is 70.3 Å². The molecule has 2 aromatic carbocycles. The number of nitrogens with one attached hydrogen (secondary N) is 1. The molecule has 1 atom stereocenters. The molecule has 4 rings (SSSR count). The van der Waals surface area contributed by atoms with E-state index >= 15 is 0 Å². The first-order valence-corrected chi connectivity index (χ1v) is 9.12. The van der Waals surface area contributed by atoms with Crippen LogP contribution in [0, 0.1) is 0 Å². The first-order chi connectivity index (χ1) is 13.1. The second-order valence-corrected chi connectivity index (χ2v) is 6.76. The monoisotopic (exact) mass is 363 g/mol. The Morgan fingerprint density at radius 2 is 2.07 bits per heavy atom. The molecule has 27 heavy (non-hydrogen) atoms. The van der Waals surface area contributed by atoms with Crippen molar-refractivity contribution in [2.75, 3.05) is 6.61 Å². The molecule has 3 aromatic rings. The summed E-state index contributed by atoms with van der Waals surface area (Å²) in [5, 5.41) is 3.43. The van der Waals surface area contributed by atoms with Gasteiger partial charge in [-0.25, -0.2) is 4.98 Å². The van der Waals surface area contributed by atoms with E-state index in [0.29, 0.717) is 23.2 Å². The van der Waals surface area contributed by atoms with Crippen LogP contribution in [0.2, 0.25) is 0 Å². The largest absolute Gasteiger partial charge is 0.484 e. The minimum absolute atomic E-state index is 0.0416. The van der Waals surface area contributed by atoms with Crippen molar-refractivity contribution in [3.8, 4) is 5.75 Å². The van der Waals surface area contributed by atoms with Crippen molar-refractivity contribution in [1.29, 1.82) is 0 Å². The van der Waals surface area contributed by atoms with Crippen molar-refractivity contribution in [2.45, 2.75) is 32.4 Å². The van der Waals surface area contributed by atoms with E-state index in [9.17, 15) is 9.59 Å². The minimum Gasteiger partial charge on any atom is -0.484 e. The number of carbonyl (C=O) groups excluding carboxylic acids is 1. The topological polar surface area (TPSA) is 73.2 Å². The summed E-state index contributed by atoms with van der Waals surface area (Å²) in [5.41, 5.74) is 1.66. The number of aromatic nitrogens is 2. The van der Waals surface area contributed by atoms with Crippen LogP contribution < -0.4 is 15.6 Å². The van der Waals surface area contributed by atoms with Gasteiger partial charge >= 0.3 is 0 Å². The van der Waals surface area contributed by atoms with Gasteiger partial charge in [0.15, 0.2) is 6.61 Å². The fourth-order valence-electron chi connectivity index (χ4n) is 3.41. The number of carbonyl (C=O) groups is 1. The van der Waals surface area contributed by atoms with Crippen LogP contribution >= 0.6 is 0 Å². The van der Waals surface area contributed by atoms with E-state index in [4.69, 9.17) is 4.74 Å². The van der Waals surface area contributed by atoms with E-state index in [1.165, 1.54) is 0 Å². The Bertz CT molecular complexity index is 1040. The normalized spacial score (nSPS) is 14.0. The predicted molar refractivity (Wildman–Crippen MR) is 103 cm³/mol. The Morgan fingerprint density at radius 1 is 1.26 bits per heavy atom. The fourth-order valence-corrected chi connectivity index (χ4v) is 3.41. The maximum absolute atomic E-state index is 12.6. The molecule has 1 aliphatic heterocycles. The third kappa shape index (κ3) is 3.56. The van der Waals surface area contributed by atoms with Gasteiger partial charge in [-0.05, 0) is 37.1 Å². The molecular formula is C21H21N3O3. The second kappa shape index (κ2) is 7.23. The number of hydrogen-bond acceptors (Lipinski definition) is 4. The number of benzene rings is 2. The fraction of sp³-hybridized carbons (Fsp3) is 0.286. The molecule has 0 unspecified atom stereocenters. The maximum atomic E-state index is 12.6. The molecule has 0 bridgehead atoms. The van der Waals surface area contributed by atoms with Crippen molar-refractivity contribution >= 4 is 16.8 Å². The van der Waals surface area contributed by atoms with E-state index in [2.05, 4.69) is 10.3 Å². The van der Waals surface area contributed by atoms with E-state index < -0.39 is 0 Å². The average molecular weight is 363 g/mol. The number of aryl methyl sites for hydroxylation is 1. The Balaban J connectivity index is 1.44. The summed E-state index contributed by atoms with van der Waals surface area (Å²) < 4.78 is 7.32. The molecule has 0 saturated carbocycles. The Morgan fingerprint density at radius 3 is 2.89 bits per heavy atom. The van der Waals surface area contributed by atoms with Gasteiger partial charge in [-0.1, -0.05) is 30.3 Å². The number of rotatable bonds is 5. The van der Waals surface area contributed by atoms with Crippen LogP contribution in [0.25, 0.3) is 10.9 Å². The Labute approximate surface area is 156 Å². The molecule has 6 nitrogen and oxygen atoms in total. The molecule has 138 valence electrons. The highest BCUT2D eigenvalue weighted by molar-refractivity contribution is 5.80. The van der Waals surface area contributed by atoms with Gasteiger partial charge in [0.05, 0.1) is 16.9 Å². The van der Waals surface area contributed by atoms with Crippen LogP contribution in [0.3, 0.4) is 0 Å². The van der Waals surface area contributed by atoms with Crippen LogP contribution in [-0.4, -0.2) is 22.1 Å². The summed E-state index contributed by atoms with van der Waals surface area (Å²) in [6, 6.07) is 14.8. The summed E-state index contributed by atoms with van der Waals surface area (Å²) in [5.74, 6) is 1.12. The Kier molecular flexibility index (Phi) is 4.62. The smallest absolute Gasteiger partial charge is 0.261 e. The van der Waals surface area contributed by atoms with Crippen molar-refractivity contribution in [2.24, 2.45) is 0 Å². The molecule has 2 heterocycles. The summed E-state index contributed by atoms with van der Waals surface area (Å²) in [6.45, 7) is 2.53. The molecule has 1 aliphatic rings. The highest BCUT2D eigenvalue weighted by Gasteiger charge is 2.16. The zero-order chi connectivity index (χ0) is 18.8. The lowest BCUT2D eigenvalue weighted by molar-refractivity contribution is -0.123. The molecule has 1 amide bonds. The van der Waals surface area contributed by atoms with E-state index in [1.54, 1.807) is 22.8 Å². The summed E-state index contributed by atoms with van der Waals surface area (Å²) in [6.07, 6.45) is 1.78. The predicted octanol–water partition coefficient (Wildman–Crippen LogP) is 2.60. The van der Waals surface area contributed by atoms with Crippen LogP contribution in [0.1, 0.15) is 30.8 Å². The first-order valence-electron chi connectivity index (χ1n) is 9.12. The van der Waals surface area contributed by atoms with Crippen LogP contribution in [-0.2, 0) is 17.8 Å². The van der Waals surface area contributed by atoms with Crippen molar-refractivity contribution < 1.29 is 9.53 Å². The lowest BCUT2D eigenvalue weighted by Gasteiger charge is -2.14. The van der Waals surface area contributed by atoms with Gasteiger partial charge in [-0.3, -0.25) is 14.2 Å².